The number of benzene rings is 1. The summed E-state index contributed by atoms with van der Waals surface area (Å²) in [7, 11) is 0. The first kappa shape index (κ1) is 20.2. The van der Waals surface area contributed by atoms with E-state index in [-0.39, 0.29) is 53.4 Å². The number of amides is 2. The van der Waals surface area contributed by atoms with Crippen LogP contribution in [0, 0.1) is 11.7 Å². The number of alkyl halides is 2. The fourth-order valence-corrected chi connectivity index (χ4v) is 4.50. The summed E-state index contributed by atoms with van der Waals surface area (Å²) in [6.45, 7) is -2.77. The van der Waals surface area contributed by atoms with Gasteiger partial charge in [-0.15, -0.1) is 0 Å². The van der Waals surface area contributed by atoms with Crippen molar-refractivity contribution in [3.05, 3.63) is 29.0 Å². The first-order chi connectivity index (χ1) is 13.7. The summed E-state index contributed by atoms with van der Waals surface area (Å²) in [5.41, 5.74) is 1.76. The number of rotatable bonds is 7. The molecule has 1 aromatic rings. The van der Waals surface area contributed by atoms with Crippen molar-refractivity contribution in [1.29, 1.82) is 0 Å². The molecule has 5 rings (SSSR count). The van der Waals surface area contributed by atoms with Crippen molar-refractivity contribution in [2.45, 2.75) is 36.9 Å². The van der Waals surface area contributed by atoms with Gasteiger partial charge in [0.1, 0.15) is 11.6 Å². The molecule has 1 saturated heterocycles. The molecule has 4 fully saturated rings. The minimum atomic E-state index is -2.65. The quantitative estimate of drug-likeness (QED) is 0.568. The molecule has 1 aromatic carbocycles. The third-order valence-electron chi connectivity index (χ3n) is 5.65. The minimum absolute atomic E-state index is 0.0293. The maximum absolute atomic E-state index is 13.4. The van der Waals surface area contributed by atoms with Crippen molar-refractivity contribution in [2.75, 3.05) is 19.7 Å². The zero-order chi connectivity index (χ0) is 20.8. The van der Waals surface area contributed by atoms with Gasteiger partial charge in [0.05, 0.1) is 10.9 Å². The molecule has 7 nitrogen and oxygen atoms in total. The Kier molecular flexibility index (Phi) is 5.12. The second-order valence-electron chi connectivity index (χ2n) is 7.98. The summed E-state index contributed by atoms with van der Waals surface area (Å²) in [5, 5.41) is 6.55. The van der Waals surface area contributed by atoms with Crippen LogP contribution < -0.4 is 20.8 Å². The molecule has 1 atom stereocenters. The van der Waals surface area contributed by atoms with Crippen molar-refractivity contribution < 1.29 is 27.5 Å². The fraction of sp³-hybridized carbons (Fsp3) is 0.556. The number of carbonyl (C=O) groups is 2. The highest BCUT2D eigenvalue weighted by molar-refractivity contribution is 6.30. The lowest BCUT2D eigenvalue weighted by Gasteiger charge is -2.70. The van der Waals surface area contributed by atoms with Crippen LogP contribution >= 0.6 is 11.6 Å². The smallest absolute Gasteiger partial charge is 0.306 e. The van der Waals surface area contributed by atoms with Gasteiger partial charge >= 0.3 is 6.55 Å². The summed E-state index contributed by atoms with van der Waals surface area (Å²) in [6.07, 6.45) is 1.77. The molecular weight excluding hydrogens is 413 g/mol. The monoisotopic (exact) mass is 432 g/mol. The second kappa shape index (κ2) is 7.33. The van der Waals surface area contributed by atoms with Gasteiger partial charge in [0, 0.05) is 30.2 Å². The van der Waals surface area contributed by atoms with Gasteiger partial charge in [-0.05, 0) is 31.4 Å². The molecule has 1 heterocycles. The average Bonchev–Trinajstić information content (AvgIpc) is 3.10. The molecule has 3 N–H and O–H groups in total. The van der Waals surface area contributed by atoms with Gasteiger partial charge < -0.3 is 15.4 Å². The molecule has 158 valence electrons. The Hall–Kier alpha value is -2.04. The third kappa shape index (κ3) is 4.01. The molecule has 11 heteroatoms. The van der Waals surface area contributed by atoms with Crippen molar-refractivity contribution in [3.8, 4) is 5.75 Å². The zero-order valence-electron chi connectivity index (χ0n) is 15.3. The van der Waals surface area contributed by atoms with Gasteiger partial charge in [0.2, 0.25) is 5.91 Å². The molecule has 3 saturated carbocycles. The number of hydrogen-bond acceptors (Lipinski definition) is 5. The number of ether oxygens (including phenoxy) is 1. The second-order valence-corrected chi connectivity index (χ2v) is 8.39. The van der Waals surface area contributed by atoms with Crippen molar-refractivity contribution in [3.63, 3.8) is 0 Å². The van der Waals surface area contributed by atoms with E-state index in [1.165, 1.54) is 12.1 Å². The van der Waals surface area contributed by atoms with E-state index in [9.17, 15) is 22.8 Å². The number of carbonyl (C=O) groups excluding carboxylic acids is 2. The normalized spacial score (nSPS) is 30.4. The van der Waals surface area contributed by atoms with Crippen LogP contribution in [0.2, 0.25) is 5.02 Å². The lowest BCUT2D eigenvalue weighted by atomic mass is 9.44. The largest absolute Gasteiger partial charge is 0.484 e. The number of halogens is 4. The van der Waals surface area contributed by atoms with Crippen LogP contribution in [0.4, 0.5) is 13.2 Å². The van der Waals surface area contributed by atoms with E-state index in [4.69, 9.17) is 16.3 Å². The number of nitrogens with one attached hydrogen (secondary N) is 3. The van der Waals surface area contributed by atoms with Crippen LogP contribution in [-0.4, -0.2) is 54.1 Å². The average molecular weight is 433 g/mol. The zero-order valence-corrected chi connectivity index (χ0v) is 16.1. The van der Waals surface area contributed by atoms with Crippen molar-refractivity contribution in [2.24, 2.45) is 5.92 Å². The molecule has 29 heavy (non-hydrogen) atoms. The Balaban J connectivity index is 1.19. The molecular formula is C18H20ClF3N4O3. The molecule has 1 aliphatic heterocycles. The van der Waals surface area contributed by atoms with Crippen LogP contribution in [0.1, 0.15) is 19.3 Å². The van der Waals surface area contributed by atoms with Crippen molar-refractivity contribution in [1.82, 2.24) is 21.1 Å². The fourth-order valence-electron chi connectivity index (χ4n) is 4.38. The van der Waals surface area contributed by atoms with Gasteiger partial charge in [-0.25, -0.2) is 9.82 Å². The molecule has 2 bridgehead atoms. The molecule has 0 spiro atoms. The highest BCUT2D eigenvalue weighted by Gasteiger charge is 2.69. The lowest BCUT2D eigenvalue weighted by Crippen LogP contribution is -2.84. The Labute approximate surface area is 169 Å². The van der Waals surface area contributed by atoms with Crippen LogP contribution in [0.15, 0.2) is 18.2 Å². The molecule has 3 aliphatic carbocycles. The van der Waals surface area contributed by atoms with Crippen molar-refractivity contribution >= 4 is 23.4 Å². The predicted octanol–water partition coefficient (Wildman–Crippen LogP) is 1.42. The Morgan fingerprint density at radius 2 is 1.97 bits per heavy atom. The topological polar surface area (TPSA) is 82.7 Å². The van der Waals surface area contributed by atoms with Crippen LogP contribution in [-0.2, 0) is 9.59 Å². The summed E-state index contributed by atoms with van der Waals surface area (Å²) in [4.78, 5) is 24.4. The van der Waals surface area contributed by atoms with Gasteiger partial charge in [-0.3, -0.25) is 9.59 Å². The molecule has 0 aromatic heterocycles. The SMILES string of the molecule is O=C(COc1ccc(Cl)c(F)c1)NC12CC(NC(=O)C3CNN(C(F)F)C3)(C1)C2. The van der Waals surface area contributed by atoms with E-state index in [0.717, 1.165) is 11.1 Å². The van der Waals surface area contributed by atoms with E-state index in [0.29, 0.717) is 19.3 Å². The highest BCUT2D eigenvalue weighted by Crippen LogP contribution is 2.60. The standard InChI is InChI=1S/C18H20ClF3N4O3/c19-12-2-1-11(3-13(12)20)29-6-14(27)24-17-7-18(8-17,9-17)25-15(28)10-4-23-26(5-10)16(21)22/h1-3,10,16,23H,4-9H2,(H,24,27)(H,25,28). The first-order valence-corrected chi connectivity index (χ1v) is 9.56. The molecule has 2 amide bonds. The first-order valence-electron chi connectivity index (χ1n) is 9.19. The summed E-state index contributed by atoms with van der Waals surface area (Å²) in [6, 6.07) is 3.92. The van der Waals surface area contributed by atoms with Gasteiger partial charge in [-0.2, -0.15) is 13.8 Å². The van der Waals surface area contributed by atoms with Crippen LogP contribution in [0.3, 0.4) is 0 Å². The van der Waals surface area contributed by atoms with Gasteiger partial charge in [0.15, 0.2) is 6.61 Å². The number of hydrogen-bond donors (Lipinski definition) is 3. The Morgan fingerprint density at radius 1 is 1.28 bits per heavy atom. The Bertz CT molecular complexity index is 821. The Morgan fingerprint density at radius 3 is 2.59 bits per heavy atom. The molecule has 4 aliphatic rings. The lowest BCUT2D eigenvalue weighted by molar-refractivity contribution is -0.152. The summed E-state index contributed by atoms with van der Waals surface area (Å²) < 4.78 is 43.9. The van der Waals surface area contributed by atoms with E-state index >= 15 is 0 Å². The highest BCUT2D eigenvalue weighted by atomic mass is 35.5. The summed E-state index contributed by atoms with van der Waals surface area (Å²) >= 11 is 5.59. The van der Waals surface area contributed by atoms with E-state index in [2.05, 4.69) is 16.1 Å². The van der Waals surface area contributed by atoms with E-state index in [1.807, 2.05) is 0 Å². The van der Waals surface area contributed by atoms with Gasteiger partial charge in [0.25, 0.3) is 5.91 Å². The third-order valence-corrected chi connectivity index (χ3v) is 5.96. The van der Waals surface area contributed by atoms with E-state index in [1.54, 1.807) is 0 Å². The minimum Gasteiger partial charge on any atom is -0.484 e. The van der Waals surface area contributed by atoms with E-state index < -0.39 is 18.3 Å². The number of hydrazine groups is 1. The number of nitrogens with zero attached hydrogens (tertiary/aromatic N) is 1. The van der Waals surface area contributed by atoms with Crippen LogP contribution in [0.5, 0.6) is 5.75 Å². The predicted molar refractivity (Wildman–Crippen MR) is 96.7 cm³/mol. The molecule has 1 unspecified atom stereocenters. The molecule has 0 radical (unpaired) electrons. The maximum atomic E-state index is 13.4. The summed E-state index contributed by atoms with van der Waals surface area (Å²) in [5.74, 6) is -1.56. The maximum Gasteiger partial charge on any atom is 0.306 e. The van der Waals surface area contributed by atoms with Gasteiger partial charge in [-0.1, -0.05) is 11.6 Å². The van der Waals surface area contributed by atoms with Crippen LogP contribution in [0.25, 0.3) is 0 Å².